The minimum Gasteiger partial charge on any atom is -0.483 e. The highest BCUT2D eigenvalue weighted by atomic mass is 16.5. The lowest BCUT2D eigenvalue weighted by Gasteiger charge is -2.10. The van der Waals surface area contributed by atoms with Crippen LogP contribution in [0.2, 0.25) is 0 Å². The Morgan fingerprint density at radius 2 is 1.00 bits per heavy atom. The van der Waals surface area contributed by atoms with Crippen LogP contribution in [-0.4, -0.2) is 35.0 Å². The van der Waals surface area contributed by atoms with E-state index in [4.69, 9.17) is 9.47 Å². The van der Waals surface area contributed by atoms with Crippen LogP contribution in [-0.2, 0) is 9.59 Å². The standard InChI is InChI=1S/C34H30N4O4/c1-23-7-3-5-9-30(23)41-21-32(39)37-28-15-11-25(12-16-28)27-19-35-34(36-20-27)26-13-17-29(18-14-26)38-33(40)22-42-31-10-6-4-8-24(31)2/h3-20H,21-22H2,1-2H3,(H,37,39)(H,38,40). The van der Waals surface area contributed by atoms with E-state index in [1.54, 1.807) is 24.5 Å². The molecule has 0 fully saturated rings. The molecule has 42 heavy (non-hydrogen) atoms. The molecule has 2 amide bonds. The summed E-state index contributed by atoms with van der Waals surface area (Å²) >= 11 is 0. The van der Waals surface area contributed by atoms with Crippen molar-refractivity contribution in [2.75, 3.05) is 23.8 Å². The Hall–Kier alpha value is -5.50. The molecule has 0 aliphatic heterocycles. The predicted octanol–water partition coefficient (Wildman–Crippen LogP) is 6.46. The molecule has 0 bridgehead atoms. The summed E-state index contributed by atoms with van der Waals surface area (Å²) < 4.78 is 11.2. The first-order valence-electron chi connectivity index (χ1n) is 13.4. The van der Waals surface area contributed by atoms with E-state index < -0.39 is 0 Å². The van der Waals surface area contributed by atoms with Crippen LogP contribution in [0, 0.1) is 13.8 Å². The number of hydrogen-bond acceptors (Lipinski definition) is 6. The van der Waals surface area contributed by atoms with Crippen molar-refractivity contribution in [1.29, 1.82) is 0 Å². The summed E-state index contributed by atoms with van der Waals surface area (Å²) in [6, 6.07) is 29.9. The zero-order valence-corrected chi connectivity index (χ0v) is 23.3. The number of aromatic nitrogens is 2. The van der Waals surface area contributed by atoms with Gasteiger partial charge in [0.2, 0.25) is 0 Å². The quantitative estimate of drug-likeness (QED) is 0.204. The second-order valence-electron chi connectivity index (χ2n) is 9.65. The third kappa shape index (κ3) is 7.37. The van der Waals surface area contributed by atoms with Crippen LogP contribution in [0.5, 0.6) is 11.5 Å². The zero-order valence-electron chi connectivity index (χ0n) is 23.3. The minimum atomic E-state index is -0.243. The summed E-state index contributed by atoms with van der Waals surface area (Å²) in [7, 11) is 0. The Labute approximate surface area is 244 Å². The van der Waals surface area contributed by atoms with Gasteiger partial charge in [-0.25, -0.2) is 9.97 Å². The number of hydrogen-bond donors (Lipinski definition) is 2. The molecule has 0 saturated carbocycles. The number of benzene rings is 4. The maximum absolute atomic E-state index is 12.3. The maximum Gasteiger partial charge on any atom is 0.262 e. The Bertz CT molecular complexity index is 1540. The van der Waals surface area contributed by atoms with Crippen molar-refractivity contribution in [3.8, 4) is 34.0 Å². The average Bonchev–Trinajstić information content (AvgIpc) is 3.01. The van der Waals surface area contributed by atoms with E-state index >= 15 is 0 Å². The number of nitrogens with one attached hydrogen (secondary N) is 2. The molecule has 0 aliphatic rings. The van der Waals surface area contributed by atoms with E-state index in [-0.39, 0.29) is 25.0 Å². The number of para-hydroxylation sites is 2. The summed E-state index contributed by atoms with van der Waals surface area (Å²) in [5.74, 6) is 1.46. The van der Waals surface area contributed by atoms with Crippen LogP contribution in [0.25, 0.3) is 22.5 Å². The van der Waals surface area contributed by atoms with Gasteiger partial charge in [0.1, 0.15) is 11.5 Å². The molecule has 210 valence electrons. The fourth-order valence-electron chi connectivity index (χ4n) is 4.19. The summed E-state index contributed by atoms with van der Waals surface area (Å²) in [6.45, 7) is 3.72. The fourth-order valence-corrected chi connectivity index (χ4v) is 4.19. The van der Waals surface area contributed by atoms with Crippen molar-refractivity contribution >= 4 is 23.2 Å². The van der Waals surface area contributed by atoms with Crippen molar-refractivity contribution in [2.45, 2.75) is 13.8 Å². The Kier molecular flexibility index (Phi) is 8.84. The van der Waals surface area contributed by atoms with Crippen LogP contribution in [0.3, 0.4) is 0 Å². The van der Waals surface area contributed by atoms with E-state index in [1.165, 1.54) is 0 Å². The largest absolute Gasteiger partial charge is 0.483 e. The molecule has 0 radical (unpaired) electrons. The molecule has 0 aliphatic carbocycles. The molecule has 5 rings (SSSR count). The van der Waals surface area contributed by atoms with Crippen molar-refractivity contribution in [2.24, 2.45) is 0 Å². The molecule has 1 heterocycles. The van der Waals surface area contributed by atoms with E-state index in [9.17, 15) is 9.59 Å². The van der Waals surface area contributed by atoms with E-state index in [0.29, 0.717) is 28.7 Å². The van der Waals surface area contributed by atoms with Crippen molar-refractivity contribution in [3.05, 3.63) is 121 Å². The van der Waals surface area contributed by atoms with Crippen LogP contribution >= 0.6 is 0 Å². The van der Waals surface area contributed by atoms with Gasteiger partial charge in [0, 0.05) is 34.9 Å². The summed E-state index contributed by atoms with van der Waals surface area (Å²) in [5, 5.41) is 5.68. The Morgan fingerprint density at radius 1 is 0.571 bits per heavy atom. The number of carbonyl (C=O) groups is 2. The van der Waals surface area contributed by atoms with Crippen molar-refractivity contribution in [1.82, 2.24) is 9.97 Å². The van der Waals surface area contributed by atoms with Gasteiger partial charge in [-0.3, -0.25) is 9.59 Å². The van der Waals surface area contributed by atoms with Crippen LogP contribution < -0.4 is 20.1 Å². The molecular formula is C34H30N4O4. The van der Waals surface area contributed by atoms with E-state index in [0.717, 1.165) is 27.8 Å². The first-order chi connectivity index (χ1) is 20.4. The second-order valence-corrected chi connectivity index (χ2v) is 9.65. The van der Waals surface area contributed by atoms with Crippen LogP contribution in [0.1, 0.15) is 11.1 Å². The third-order valence-corrected chi connectivity index (χ3v) is 6.49. The zero-order chi connectivity index (χ0) is 29.3. The summed E-state index contributed by atoms with van der Waals surface area (Å²) in [6.07, 6.45) is 3.51. The smallest absolute Gasteiger partial charge is 0.262 e. The Morgan fingerprint density at radius 3 is 1.45 bits per heavy atom. The molecule has 8 nitrogen and oxygen atoms in total. The van der Waals surface area contributed by atoms with Gasteiger partial charge in [0.25, 0.3) is 11.8 Å². The van der Waals surface area contributed by atoms with Crippen LogP contribution in [0.4, 0.5) is 11.4 Å². The molecule has 5 aromatic rings. The SMILES string of the molecule is Cc1ccccc1OCC(=O)Nc1ccc(-c2cnc(-c3ccc(NC(=O)COc4ccccc4C)cc3)nc2)cc1. The normalized spacial score (nSPS) is 10.5. The van der Waals surface area contributed by atoms with Gasteiger partial charge in [-0.1, -0.05) is 48.5 Å². The first-order valence-corrected chi connectivity index (χ1v) is 13.4. The van der Waals surface area contributed by atoms with E-state index in [1.807, 2.05) is 98.8 Å². The highest BCUT2D eigenvalue weighted by Gasteiger charge is 2.09. The number of nitrogens with zero attached hydrogens (tertiary/aromatic N) is 2. The summed E-state index contributed by atoms with van der Waals surface area (Å²) in [5.41, 5.74) is 5.86. The molecular weight excluding hydrogens is 528 g/mol. The minimum absolute atomic E-state index is 0.0718. The third-order valence-electron chi connectivity index (χ3n) is 6.49. The van der Waals surface area contributed by atoms with E-state index in [2.05, 4.69) is 20.6 Å². The monoisotopic (exact) mass is 558 g/mol. The number of ether oxygens (including phenoxy) is 2. The molecule has 4 aromatic carbocycles. The fraction of sp³-hybridized carbons (Fsp3) is 0.118. The van der Waals surface area contributed by atoms with Gasteiger partial charge in [0.05, 0.1) is 0 Å². The molecule has 0 saturated heterocycles. The van der Waals surface area contributed by atoms with Gasteiger partial charge in [0.15, 0.2) is 19.0 Å². The van der Waals surface area contributed by atoms with Crippen molar-refractivity contribution < 1.29 is 19.1 Å². The van der Waals surface area contributed by atoms with Crippen LogP contribution in [0.15, 0.2) is 109 Å². The average molecular weight is 559 g/mol. The van der Waals surface area contributed by atoms with Crippen molar-refractivity contribution in [3.63, 3.8) is 0 Å². The van der Waals surface area contributed by atoms with Gasteiger partial charge in [-0.15, -0.1) is 0 Å². The molecule has 2 N–H and O–H groups in total. The molecule has 0 atom stereocenters. The topological polar surface area (TPSA) is 102 Å². The number of amides is 2. The predicted molar refractivity (Wildman–Crippen MR) is 164 cm³/mol. The number of aryl methyl sites for hydroxylation is 2. The summed E-state index contributed by atoms with van der Waals surface area (Å²) in [4.78, 5) is 33.6. The first kappa shape index (κ1) is 28.0. The second kappa shape index (κ2) is 13.2. The molecule has 8 heteroatoms. The molecule has 0 unspecified atom stereocenters. The Balaban J connectivity index is 1.12. The lowest BCUT2D eigenvalue weighted by Crippen LogP contribution is -2.20. The number of anilines is 2. The van der Waals surface area contributed by atoms with Gasteiger partial charge >= 0.3 is 0 Å². The highest BCUT2D eigenvalue weighted by Crippen LogP contribution is 2.24. The van der Waals surface area contributed by atoms with Gasteiger partial charge in [-0.05, 0) is 79.1 Å². The maximum atomic E-state index is 12.3. The number of carbonyl (C=O) groups excluding carboxylic acids is 2. The van der Waals surface area contributed by atoms with Gasteiger partial charge < -0.3 is 20.1 Å². The molecule has 1 aromatic heterocycles. The lowest BCUT2D eigenvalue weighted by molar-refractivity contribution is -0.118. The highest BCUT2D eigenvalue weighted by molar-refractivity contribution is 5.92. The lowest BCUT2D eigenvalue weighted by atomic mass is 10.1. The number of rotatable bonds is 10. The van der Waals surface area contributed by atoms with Gasteiger partial charge in [-0.2, -0.15) is 0 Å². The molecule has 0 spiro atoms.